The van der Waals surface area contributed by atoms with Gasteiger partial charge in [0.15, 0.2) is 0 Å². The molecular weight excluding hydrogens is 381 g/mol. The zero-order chi connectivity index (χ0) is 20.8. The molecule has 0 aliphatic rings. The van der Waals surface area contributed by atoms with Crippen LogP contribution in [0.5, 0.6) is 0 Å². The lowest BCUT2D eigenvalue weighted by Crippen LogP contribution is -2.22. The van der Waals surface area contributed by atoms with Gasteiger partial charge in [0.25, 0.3) is 0 Å². The molecule has 0 atom stereocenters. The van der Waals surface area contributed by atoms with Crippen LogP contribution in [0.25, 0.3) is 27.7 Å². The molecule has 0 aliphatic carbocycles. The fraction of sp³-hybridized carbons (Fsp3) is 0.143. The van der Waals surface area contributed by atoms with Crippen LogP contribution in [0.4, 0.5) is 18.9 Å². The fourth-order valence-electron chi connectivity index (χ4n) is 3.15. The van der Waals surface area contributed by atoms with Crippen LogP contribution in [-0.4, -0.2) is 27.7 Å². The summed E-state index contributed by atoms with van der Waals surface area (Å²) in [6.07, 6.45) is 0.816. The average molecular weight is 398 g/mol. The number of nitrogens with one attached hydrogen (secondary N) is 1. The summed E-state index contributed by atoms with van der Waals surface area (Å²) in [4.78, 5) is 16.4. The summed E-state index contributed by atoms with van der Waals surface area (Å²) in [6, 6.07) is 10.6. The van der Waals surface area contributed by atoms with Crippen molar-refractivity contribution in [1.82, 2.24) is 14.8 Å². The van der Waals surface area contributed by atoms with Crippen molar-refractivity contribution in [1.29, 1.82) is 0 Å². The van der Waals surface area contributed by atoms with Crippen LogP contribution >= 0.6 is 0 Å². The number of carbonyl (C=O) groups excluding carboxylic acids is 1. The lowest BCUT2D eigenvalue weighted by atomic mass is 10.1. The van der Waals surface area contributed by atoms with E-state index in [2.05, 4.69) is 10.1 Å². The van der Waals surface area contributed by atoms with Crippen LogP contribution in [0.15, 0.2) is 61.1 Å². The molecule has 29 heavy (non-hydrogen) atoms. The van der Waals surface area contributed by atoms with E-state index in [1.165, 1.54) is 23.7 Å². The first-order valence-electron chi connectivity index (χ1n) is 8.82. The summed E-state index contributed by atoms with van der Waals surface area (Å²) in [5.41, 5.74) is 3.19. The second kappa shape index (κ2) is 6.80. The Bertz CT molecular complexity index is 1190. The van der Waals surface area contributed by atoms with Gasteiger partial charge in [0.2, 0.25) is 5.91 Å². The molecule has 4 aromatic rings. The normalized spacial score (nSPS) is 11.8. The molecule has 148 valence electrons. The van der Waals surface area contributed by atoms with Crippen LogP contribution in [0.2, 0.25) is 0 Å². The Hall–Kier alpha value is -3.55. The maximum absolute atomic E-state index is 12.7. The molecule has 8 heteroatoms. The lowest BCUT2D eigenvalue weighted by molar-refractivity contribution is -0.137. The van der Waals surface area contributed by atoms with Crippen molar-refractivity contribution >= 4 is 22.5 Å². The highest BCUT2D eigenvalue weighted by atomic mass is 19.4. The van der Waals surface area contributed by atoms with E-state index in [1.54, 1.807) is 30.5 Å². The molecule has 0 aliphatic heterocycles. The van der Waals surface area contributed by atoms with Gasteiger partial charge in [-0.15, -0.1) is 0 Å². The van der Waals surface area contributed by atoms with Crippen molar-refractivity contribution in [3.63, 3.8) is 0 Å². The Morgan fingerprint density at radius 3 is 2.48 bits per heavy atom. The Balaban J connectivity index is 1.68. The molecule has 5 nitrogen and oxygen atoms in total. The maximum atomic E-state index is 12.7. The van der Waals surface area contributed by atoms with Crippen LogP contribution in [0.1, 0.15) is 12.5 Å². The fourth-order valence-corrected chi connectivity index (χ4v) is 3.15. The van der Waals surface area contributed by atoms with E-state index in [9.17, 15) is 18.0 Å². The van der Waals surface area contributed by atoms with Crippen LogP contribution in [0.3, 0.4) is 0 Å². The number of hydrogen-bond acceptors (Lipinski definition) is 2. The summed E-state index contributed by atoms with van der Waals surface area (Å²) in [7, 11) is 1.71. The van der Waals surface area contributed by atoms with Crippen molar-refractivity contribution in [3.05, 3.63) is 66.6 Å². The number of H-pyrrole nitrogens is 1. The minimum atomic E-state index is -4.37. The van der Waals surface area contributed by atoms with E-state index >= 15 is 0 Å². The zero-order valence-electron chi connectivity index (χ0n) is 15.7. The van der Waals surface area contributed by atoms with E-state index in [0.717, 1.165) is 39.8 Å². The van der Waals surface area contributed by atoms with Gasteiger partial charge in [-0.25, -0.2) is 4.68 Å². The van der Waals surface area contributed by atoms with E-state index in [1.807, 2.05) is 18.2 Å². The molecule has 0 fully saturated rings. The minimum absolute atomic E-state index is 0.0774. The van der Waals surface area contributed by atoms with E-state index < -0.39 is 11.7 Å². The number of fused-ring (bicyclic) bond motifs is 1. The molecule has 0 saturated heterocycles. The Kier molecular flexibility index (Phi) is 4.41. The largest absolute Gasteiger partial charge is 0.416 e. The third-order valence-electron chi connectivity index (χ3n) is 4.87. The smallest absolute Gasteiger partial charge is 0.359 e. The van der Waals surface area contributed by atoms with Gasteiger partial charge in [0, 0.05) is 42.8 Å². The molecule has 1 N–H and O–H groups in total. The van der Waals surface area contributed by atoms with Gasteiger partial charge in [-0.1, -0.05) is 6.07 Å². The first-order valence-corrected chi connectivity index (χ1v) is 8.82. The standard InChI is InChI=1S/C21H17F3N4O/c1-13(29)27(2)20-11-25-19-8-3-14(9-18(19)20)15-10-26-28(12-15)17-6-4-16(5-7-17)21(22,23)24/h3-12,25H,1-2H3. The van der Waals surface area contributed by atoms with Crippen molar-refractivity contribution in [2.24, 2.45) is 0 Å². The van der Waals surface area contributed by atoms with E-state index in [4.69, 9.17) is 0 Å². The van der Waals surface area contributed by atoms with Crippen LogP contribution in [-0.2, 0) is 11.0 Å². The number of aromatic nitrogens is 3. The lowest BCUT2D eigenvalue weighted by Gasteiger charge is -2.13. The highest BCUT2D eigenvalue weighted by molar-refractivity contribution is 6.03. The van der Waals surface area contributed by atoms with Gasteiger partial charge in [0.05, 0.1) is 23.1 Å². The van der Waals surface area contributed by atoms with Crippen molar-refractivity contribution in [2.45, 2.75) is 13.1 Å². The number of anilines is 1. The van der Waals surface area contributed by atoms with E-state index in [-0.39, 0.29) is 5.91 Å². The molecular formula is C21H17F3N4O. The van der Waals surface area contributed by atoms with Gasteiger partial charge in [-0.2, -0.15) is 18.3 Å². The highest BCUT2D eigenvalue weighted by Gasteiger charge is 2.30. The molecule has 0 unspecified atom stereocenters. The molecule has 0 radical (unpaired) electrons. The quantitative estimate of drug-likeness (QED) is 0.527. The SMILES string of the molecule is CC(=O)N(C)c1c[nH]c2ccc(-c3cnn(-c4ccc(C(F)(F)F)cc4)c3)cc12. The monoisotopic (exact) mass is 398 g/mol. The third kappa shape index (κ3) is 3.49. The summed E-state index contributed by atoms with van der Waals surface area (Å²) in [5.74, 6) is -0.0774. The number of aromatic amines is 1. The van der Waals surface area contributed by atoms with Gasteiger partial charge in [-0.3, -0.25) is 4.79 Å². The Morgan fingerprint density at radius 1 is 1.10 bits per heavy atom. The molecule has 0 spiro atoms. The van der Waals surface area contributed by atoms with Gasteiger partial charge in [0.1, 0.15) is 0 Å². The Morgan fingerprint density at radius 2 is 1.83 bits per heavy atom. The number of hydrogen-bond donors (Lipinski definition) is 1. The summed E-state index contributed by atoms with van der Waals surface area (Å²) < 4.78 is 39.7. The number of halogens is 3. The highest BCUT2D eigenvalue weighted by Crippen LogP contribution is 2.32. The average Bonchev–Trinajstić information content (AvgIpc) is 3.33. The third-order valence-corrected chi connectivity index (χ3v) is 4.87. The first-order chi connectivity index (χ1) is 13.7. The second-order valence-corrected chi connectivity index (χ2v) is 6.73. The topological polar surface area (TPSA) is 53.9 Å². The number of rotatable bonds is 3. The second-order valence-electron chi connectivity index (χ2n) is 6.73. The van der Waals surface area contributed by atoms with Crippen molar-refractivity contribution in [2.75, 3.05) is 11.9 Å². The maximum Gasteiger partial charge on any atom is 0.416 e. The summed E-state index contributed by atoms with van der Waals surface area (Å²) in [5, 5.41) is 5.16. The van der Waals surface area contributed by atoms with Crippen molar-refractivity contribution in [3.8, 4) is 16.8 Å². The zero-order valence-corrected chi connectivity index (χ0v) is 15.7. The number of carbonyl (C=O) groups is 1. The summed E-state index contributed by atoms with van der Waals surface area (Å²) >= 11 is 0. The van der Waals surface area contributed by atoms with Crippen LogP contribution < -0.4 is 4.90 Å². The molecule has 0 saturated carbocycles. The molecule has 0 bridgehead atoms. The molecule has 2 heterocycles. The molecule has 4 rings (SSSR count). The molecule has 2 aromatic heterocycles. The number of nitrogens with zero attached hydrogens (tertiary/aromatic N) is 3. The van der Waals surface area contributed by atoms with Gasteiger partial charge in [-0.05, 0) is 42.0 Å². The molecule has 1 amide bonds. The number of alkyl halides is 3. The predicted octanol–water partition coefficient (Wildman–Crippen LogP) is 5.02. The van der Waals surface area contributed by atoms with E-state index in [0.29, 0.717) is 5.69 Å². The summed E-state index contributed by atoms with van der Waals surface area (Å²) in [6.45, 7) is 1.50. The number of amides is 1. The van der Waals surface area contributed by atoms with Gasteiger partial charge < -0.3 is 9.88 Å². The van der Waals surface area contributed by atoms with Gasteiger partial charge >= 0.3 is 6.18 Å². The Labute approximate surface area is 164 Å². The predicted molar refractivity (Wildman–Crippen MR) is 105 cm³/mol. The number of benzene rings is 2. The van der Waals surface area contributed by atoms with Crippen LogP contribution in [0, 0.1) is 0 Å². The first kappa shape index (κ1) is 18.8. The minimum Gasteiger partial charge on any atom is -0.359 e. The van der Waals surface area contributed by atoms with Crippen molar-refractivity contribution < 1.29 is 18.0 Å². The molecule has 2 aromatic carbocycles.